The number of rotatable bonds is 5. The summed E-state index contributed by atoms with van der Waals surface area (Å²) < 4.78 is 12.3. The summed E-state index contributed by atoms with van der Waals surface area (Å²) in [7, 11) is 0. The Labute approximate surface area is 201 Å². The number of fused-ring (bicyclic) bond motifs is 2. The van der Waals surface area contributed by atoms with E-state index in [4.69, 9.17) is 9.47 Å². The lowest BCUT2D eigenvalue weighted by Crippen LogP contribution is -2.41. The second-order valence-corrected chi connectivity index (χ2v) is 9.54. The Hall–Kier alpha value is -2.68. The molecule has 6 nitrogen and oxygen atoms in total. The summed E-state index contributed by atoms with van der Waals surface area (Å²) in [6.45, 7) is 0.378. The van der Waals surface area contributed by atoms with E-state index in [1.54, 1.807) is 30.3 Å². The van der Waals surface area contributed by atoms with Crippen molar-refractivity contribution < 1.29 is 24.2 Å². The van der Waals surface area contributed by atoms with Crippen LogP contribution in [0.3, 0.4) is 0 Å². The average molecular weight is 559 g/mol. The van der Waals surface area contributed by atoms with E-state index in [0.717, 1.165) is 10.0 Å². The number of hydrogen-bond donors (Lipinski definition) is 1. The highest BCUT2D eigenvalue weighted by Crippen LogP contribution is 2.45. The molecule has 0 saturated heterocycles. The standard InChI is InChI=1S/C24H17Br2NO5/c25-16-4-1-14(2-5-16)12-27-19-7-6-17(26)10-18(19)24(30,23(27)29)11-20(28)15-3-8-21-22(9-15)32-13-31-21/h1-10,30H,11-13H2. The molecule has 5 rings (SSSR count). The van der Waals surface area contributed by atoms with Crippen molar-refractivity contribution in [1.82, 2.24) is 0 Å². The zero-order chi connectivity index (χ0) is 22.5. The second kappa shape index (κ2) is 8.03. The molecule has 32 heavy (non-hydrogen) atoms. The number of ketones is 1. The van der Waals surface area contributed by atoms with Gasteiger partial charge in [-0.25, -0.2) is 0 Å². The van der Waals surface area contributed by atoms with Gasteiger partial charge in [0.2, 0.25) is 6.79 Å². The summed E-state index contributed by atoms with van der Waals surface area (Å²) in [6, 6.07) is 17.7. The fraction of sp³-hybridized carbons (Fsp3) is 0.167. The van der Waals surface area contributed by atoms with Gasteiger partial charge >= 0.3 is 0 Å². The molecular weight excluding hydrogens is 542 g/mol. The van der Waals surface area contributed by atoms with Crippen molar-refractivity contribution in [2.24, 2.45) is 0 Å². The van der Waals surface area contributed by atoms with Crippen LogP contribution in [0.2, 0.25) is 0 Å². The molecule has 1 amide bonds. The Morgan fingerprint density at radius 2 is 1.69 bits per heavy atom. The Morgan fingerprint density at radius 3 is 2.47 bits per heavy atom. The van der Waals surface area contributed by atoms with E-state index in [-0.39, 0.29) is 25.5 Å². The number of ether oxygens (including phenoxy) is 2. The molecule has 1 atom stereocenters. The van der Waals surface area contributed by atoms with Gasteiger partial charge in [-0.05, 0) is 54.1 Å². The molecule has 0 saturated carbocycles. The highest BCUT2D eigenvalue weighted by molar-refractivity contribution is 9.10. The molecule has 0 radical (unpaired) electrons. The summed E-state index contributed by atoms with van der Waals surface area (Å²) in [5.41, 5.74) is 0.271. The van der Waals surface area contributed by atoms with Crippen LogP contribution in [0.1, 0.15) is 27.9 Å². The molecule has 0 fully saturated rings. The number of aliphatic hydroxyl groups is 1. The largest absolute Gasteiger partial charge is 0.454 e. The average Bonchev–Trinajstić information content (AvgIpc) is 3.32. The second-order valence-electron chi connectivity index (χ2n) is 7.71. The molecule has 162 valence electrons. The van der Waals surface area contributed by atoms with Crippen molar-refractivity contribution >= 4 is 49.2 Å². The Balaban J connectivity index is 1.48. The van der Waals surface area contributed by atoms with E-state index in [1.165, 1.54) is 4.90 Å². The molecule has 3 aromatic rings. The van der Waals surface area contributed by atoms with Crippen molar-refractivity contribution in [2.75, 3.05) is 11.7 Å². The minimum Gasteiger partial charge on any atom is -0.454 e. The maximum atomic E-state index is 13.5. The quantitative estimate of drug-likeness (QED) is 0.449. The number of carbonyl (C=O) groups excluding carboxylic acids is 2. The van der Waals surface area contributed by atoms with Gasteiger partial charge in [0.25, 0.3) is 5.91 Å². The lowest BCUT2D eigenvalue weighted by molar-refractivity contribution is -0.136. The number of amides is 1. The Kier molecular flexibility index (Phi) is 5.31. The van der Waals surface area contributed by atoms with Crippen molar-refractivity contribution in [3.63, 3.8) is 0 Å². The molecule has 2 aliphatic heterocycles. The van der Waals surface area contributed by atoms with E-state index in [1.807, 2.05) is 30.3 Å². The summed E-state index contributed by atoms with van der Waals surface area (Å²) in [4.78, 5) is 28.1. The van der Waals surface area contributed by atoms with Crippen LogP contribution in [-0.4, -0.2) is 23.6 Å². The third-order valence-corrected chi connectivity index (χ3v) is 6.68. The zero-order valence-corrected chi connectivity index (χ0v) is 19.9. The zero-order valence-electron chi connectivity index (χ0n) is 16.7. The molecule has 1 N–H and O–H groups in total. The number of nitrogens with zero attached hydrogens (tertiary/aromatic N) is 1. The molecule has 2 heterocycles. The summed E-state index contributed by atoms with van der Waals surface area (Å²) >= 11 is 6.82. The van der Waals surface area contributed by atoms with Crippen LogP contribution < -0.4 is 14.4 Å². The summed E-state index contributed by atoms with van der Waals surface area (Å²) in [5.74, 6) is 0.144. The number of carbonyl (C=O) groups is 2. The molecule has 1 unspecified atom stereocenters. The maximum Gasteiger partial charge on any atom is 0.264 e. The van der Waals surface area contributed by atoms with Gasteiger partial charge in [0, 0.05) is 20.1 Å². The Bertz CT molecular complexity index is 1240. The third-order valence-electron chi connectivity index (χ3n) is 5.66. The number of Topliss-reactive ketones (excluding diaryl/α,β-unsaturated/α-hetero) is 1. The first-order valence-electron chi connectivity index (χ1n) is 9.87. The Morgan fingerprint density at radius 1 is 0.969 bits per heavy atom. The van der Waals surface area contributed by atoms with Crippen molar-refractivity contribution in [3.05, 3.63) is 86.3 Å². The topological polar surface area (TPSA) is 76.1 Å². The summed E-state index contributed by atoms with van der Waals surface area (Å²) in [5, 5.41) is 11.6. The van der Waals surface area contributed by atoms with Gasteiger partial charge in [0.1, 0.15) is 0 Å². The van der Waals surface area contributed by atoms with Crippen molar-refractivity contribution in [2.45, 2.75) is 18.6 Å². The lowest BCUT2D eigenvalue weighted by atomic mass is 9.88. The van der Waals surface area contributed by atoms with Gasteiger partial charge in [-0.15, -0.1) is 0 Å². The van der Waals surface area contributed by atoms with Gasteiger partial charge < -0.3 is 19.5 Å². The van der Waals surface area contributed by atoms with Crippen molar-refractivity contribution in [3.8, 4) is 11.5 Å². The number of benzene rings is 3. The van der Waals surface area contributed by atoms with Crippen LogP contribution in [0.15, 0.2) is 69.6 Å². The predicted molar refractivity (Wildman–Crippen MR) is 125 cm³/mol. The first-order valence-corrected chi connectivity index (χ1v) is 11.5. The molecule has 0 aliphatic carbocycles. The fourth-order valence-corrected chi connectivity index (χ4v) is 4.65. The van der Waals surface area contributed by atoms with E-state index < -0.39 is 11.5 Å². The van der Waals surface area contributed by atoms with Crippen LogP contribution in [-0.2, 0) is 16.9 Å². The SMILES string of the molecule is O=C(CC1(O)C(=O)N(Cc2ccc(Br)cc2)c2ccc(Br)cc21)c1ccc2c(c1)OCO2. The molecular formula is C24H17Br2NO5. The highest BCUT2D eigenvalue weighted by Gasteiger charge is 2.51. The van der Waals surface area contributed by atoms with Crippen molar-refractivity contribution in [1.29, 1.82) is 0 Å². The molecule has 0 bridgehead atoms. The minimum atomic E-state index is -1.97. The smallest absolute Gasteiger partial charge is 0.264 e. The highest BCUT2D eigenvalue weighted by atomic mass is 79.9. The predicted octanol–water partition coefficient (Wildman–Crippen LogP) is 4.95. The summed E-state index contributed by atoms with van der Waals surface area (Å²) in [6.07, 6.45) is -0.383. The van der Waals surface area contributed by atoms with Crippen LogP contribution in [0.5, 0.6) is 11.5 Å². The molecule has 0 spiro atoms. The molecule has 2 aliphatic rings. The maximum absolute atomic E-state index is 13.5. The first-order chi connectivity index (χ1) is 15.3. The van der Waals surface area contributed by atoms with E-state index in [9.17, 15) is 14.7 Å². The van der Waals surface area contributed by atoms with Gasteiger partial charge in [-0.2, -0.15) is 0 Å². The van der Waals surface area contributed by atoms with Crippen LogP contribution in [0.25, 0.3) is 0 Å². The van der Waals surface area contributed by atoms with E-state index >= 15 is 0 Å². The first kappa shape index (κ1) is 21.2. The van der Waals surface area contributed by atoms with Gasteiger partial charge in [0.15, 0.2) is 22.9 Å². The van der Waals surface area contributed by atoms with Crippen LogP contribution in [0.4, 0.5) is 5.69 Å². The van der Waals surface area contributed by atoms with Gasteiger partial charge in [-0.3, -0.25) is 9.59 Å². The van der Waals surface area contributed by atoms with Gasteiger partial charge in [-0.1, -0.05) is 44.0 Å². The van der Waals surface area contributed by atoms with Crippen LogP contribution in [0, 0.1) is 0 Å². The van der Waals surface area contributed by atoms with Crippen LogP contribution >= 0.6 is 31.9 Å². The fourth-order valence-electron chi connectivity index (χ4n) is 4.03. The van der Waals surface area contributed by atoms with Gasteiger partial charge in [0.05, 0.1) is 18.7 Å². The monoisotopic (exact) mass is 557 g/mol. The molecule has 0 aromatic heterocycles. The normalized spacial score (nSPS) is 18.7. The molecule has 3 aromatic carbocycles. The van der Waals surface area contributed by atoms with E-state index in [0.29, 0.717) is 32.8 Å². The lowest BCUT2D eigenvalue weighted by Gasteiger charge is -2.23. The van der Waals surface area contributed by atoms with E-state index in [2.05, 4.69) is 31.9 Å². The molecule has 8 heteroatoms. The minimum absolute atomic E-state index is 0.0990. The number of anilines is 1. The number of halogens is 2. The third kappa shape index (κ3) is 3.62. The number of hydrogen-bond acceptors (Lipinski definition) is 5.